The molecule has 4 N–H and O–H groups in total. The fourth-order valence-corrected chi connectivity index (χ4v) is 2.86. The first-order chi connectivity index (χ1) is 10.2. The maximum Gasteiger partial charge on any atom is 0.262 e. The Labute approximate surface area is 126 Å². The van der Waals surface area contributed by atoms with E-state index in [1.165, 1.54) is 4.88 Å². The van der Waals surface area contributed by atoms with E-state index in [0.29, 0.717) is 23.7 Å². The van der Waals surface area contributed by atoms with Gasteiger partial charge in [0.1, 0.15) is 10.8 Å². The highest BCUT2D eigenvalue weighted by Gasteiger charge is 2.17. The van der Waals surface area contributed by atoms with Crippen molar-refractivity contribution < 1.29 is 9.53 Å². The predicted octanol–water partition coefficient (Wildman–Crippen LogP) is 2.23. The van der Waals surface area contributed by atoms with Crippen LogP contribution in [-0.2, 0) is 17.8 Å². The van der Waals surface area contributed by atoms with E-state index in [2.05, 4.69) is 22.5 Å². The molecule has 0 spiro atoms. The van der Waals surface area contributed by atoms with Gasteiger partial charge in [-0.3, -0.25) is 4.79 Å². The summed E-state index contributed by atoms with van der Waals surface area (Å²) in [6.45, 7) is 2.73. The second-order valence-electron chi connectivity index (χ2n) is 4.70. The Balaban J connectivity index is 1.76. The van der Waals surface area contributed by atoms with Crippen LogP contribution in [0.3, 0.4) is 0 Å². The third-order valence-electron chi connectivity index (χ3n) is 3.16. The van der Waals surface area contributed by atoms with E-state index >= 15 is 0 Å². The first-order valence-corrected chi connectivity index (χ1v) is 7.51. The number of carbonyl (C=O) groups excluding carboxylic acids is 1. The van der Waals surface area contributed by atoms with Crippen LogP contribution in [0, 0.1) is 0 Å². The minimum Gasteiger partial charge on any atom is -0.482 e. The van der Waals surface area contributed by atoms with Crippen molar-refractivity contribution in [2.75, 3.05) is 23.0 Å². The van der Waals surface area contributed by atoms with Crippen LogP contribution in [0.1, 0.15) is 16.8 Å². The van der Waals surface area contributed by atoms with E-state index in [1.807, 2.05) is 6.20 Å². The number of nitrogen functional groups attached to an aromatic ring is 1. The molecule has 3 rings (SSSR count). The van der Waals surface area contributed by atoms with Gasteiger partial charge < -0.3 is 21.1 Å². The highest BCUT2D eigenvalue weighted by Crippen LogP contribution is 2.35. The molecule has 1 amide bonds. The Bertz CT molecular complexity index is 684. The van der Waals surface area contributed by atoms with Gasteiger partial charge in [-0.25, -0.2) is 4.98 Å². The van der Waals surface area contributed by atoms with Crippen molar-refractivity contribution in [3.63, 3.8) is 0 Å². The first-order valence-electron chi connectivity index (χ1n) is 6.69. The Morgan fingerprint density at radius 3 is 3.14 bits per heavy atom. The molecule has 1 aromatic carbocycles. The molecule has 0 bridgehead atoms. The third kappa shape index (κ3) is 2.92. The molecule has 0 radical (unpaired) electrons. The second-order valence-corrected chi connectivity index (χ2v) is 5.90. The number of hydrogen-bond donors (Lipinski definition) is 3. The Hall–Kier alpha value is -2.28. The average molecular weight is 304 g/mol. The molecule has 1 aromatic heterocycles. The first kappa shape index (κ1) is 13.7. The number of carbonyl (C=O) groups is 1. The van der Waals surface area contributed by atoms with Crippen LogP contribution >= 0.6 is 11.3 Å². The molecular weight excluding hydrogens is 288 g/mol. The summed E-state index contributed by atoms with van der Waals surface area (Å²) in [6, 6.07) is 3.51. The van der Waals surface area contributed by atoms with Crippen molar-refractivity contribution in [3.05, 3.63) is 28.2 Å². The van der Waals surface area contributed by atoms with Crippen molar-refractivity contribution >= 4 is 34.3 Å². The molecule has 21 heavy (non-hydrogen) atoms. The number of thiazole rings is 1. The lowest BCUT2D eigenvalue weighted by molar-refractivity contribution is -0.118. The highest BCUT2D eigenvalue weighted by atomic mass is 32.1. The molecule has 0 unspecified atom stereocenters. The molecule has 0 saturated heterocycles. The number of rotatable bonds is 4. The highest BCUT2D eigenvalue weighted by molar-refractivity contribution is 7.11. The van der Waals surface area contributed by atoms with Gasteiger partial charge in [0.25, 0.3) is 5.91 Å². The molecule has 2 heterocycles. The molecular formula is C14H16N4O2S. The van der Waals surface area contributed by atoms with E-state index in [9.17, 15) is 4.79 Å². The van der Waals surface area contributed by atoms with Crippen LogP contribution in [0.15, 0.2) is 18.3 Å². The van der Waals surface area contributed by atoms with Gasteiger partial charge in [0, 0.05) is 17.1 Å². The van der Waals surface area contributed by atoms with Gasteiger partial charge in [-0.15, -0.1) is 11.3 Å². The number of amides is 1. The van der Waals surface area contributed by atoms with Crippen LogP contribution in [0.5, 0.6) is 5.75 Å². The van der Waals surface area contributed by atoms with E-state index < -0.39 is 0 Å². The molecule has 1 aliphatic rings. The van der Waals surface area contributed by atoms with Gasteiger partial charge in [0.15, 0.2) is 6.61 Å². The molecule has 0 aliphatic carbocycles. The Kier molecular flexibility index (Phi) is 3.66. The van der Waals surface area contributed by atoms with E-state index in [4.69, 9.17) is 10.5 Å². The molecule has 2 aromatic rings. The zero-order valence-electron chi connectivity index (χ0n) is 11.6. The molecule has 0 atom stereocenters. The molecule has 0 saturated carbocycles. The number of aryl methyl sites for hydroxylation is 1. The number of nitrogens with two attached hydrogens (primary N) is 1. The second kappa shape index (κ2) is 5.61. The maximum atomic E-state index is 11.3. The monoisotopic (exact) mass is 304 g/mol. The number of nitrogens with zero attached hydrogens (tertiary/aromatic N) is 1. The van der Waals surface area contributed by atoms with Crippen molar-refractivity contribution in [2.45, 2.75) is 19.9 Å². The smallest absolute Gasteiger partial charge is 0.262 e. The SMILES string of the molecule is CCc1cnc(CNc2cc3c(cc2N)OCC(=O)N3)s1. The number of fused-ring (bicyclic) bond motifs is 1. The standard InChI is InChI=1S/C14H16N4O2S/c1-2-8-5-17-14(21-8)6-16-10-4-11-12(3-9(10)15)20-7-13(19)18-11/h3-5,16H,2,6-7,15H2,1H3,(H,18,19). The van der Waals surface area contributed by atoms with Gasteiger partial charge in [0.05, 0.1) is 23.6 Å². The topological polar surface area (TPSA) is 89.3 Å². The van der Waals surface area contributed by atoms with E-state index in [1.54, 1.807) is 23.5 Å². The number of nitrogens with one attached hydrogen (secondary N) is 2. The molecule has 6 nitrogen and oxygen atoms in total. The van der Waals surface area contributed by atoms with Crippen LogP contribution in [-0.4, -0.2) is 17.5 Å². The summed E-state index contributed by atoms with van der Waals surface area (Å²) in [5, 5.41) is 7.02. The molecule has 0 fully saturated rings. The number of aromatic nitrogens is 1. The van der Waals surface area contributed by atoms with Gasteiger partial charge in [-0.05, 0) is 12.5 Å². The van der Waals surface area contributed by atoms with Gasteiger partial charge in [0.2, 0.25) is 0 Å². The average Bonchev–Trinajstić information content (AvgIpc) is 2.93. The van der Waals surface area contributed by atoms with Crippen LogP contribution in [0.4, 0.5) is 17.1 Å². The largest absolute Gasteiger partial charge is 0.482 e. The Morgan fingerprint density at radius 2 is 2.38 bits per heavy atom. The van der Waals surface area contributed by atoms with Gasteiger partial charge in [-0.2, -0.15) is 0 Å². The van der Waals surface area contributed by atoms with E-state index in [0.717, 1.165) is 17.1 Å². The number of ether oxygens (including phenoxy) is 1. The maximum absolute atomic E-state index is 11.3. The minimum atomic E-state index is -0.161. The van der Waals surface area contributed by atoms with Crippen LogP contribution < -0.4 is 21.1 Å². The Morgan fingerprint density at radius 1 is 1.52 bits per heavy atom. The summed E-state index contributed by atoms with van der Waals surface area (Å²) in [6.07, 6.45) is 2.88. The van der Waals surface area contributed by atoms with Crippen molar-refractivity contribution in [1.82, 2.24) is 4.98 Å². The lowest BCUT2D eigenvalue weighted by Gasteiger charge is -2.20. The van der Waals surface area contributed by atoms with Crippen molar-refractivity contribution in [2.24, 2.45) is 0 Å². The number of hydrogen-bond acceptors (Lipinski definition) is 6. The van der Waals surface area contributed by atoms with Gasteiger partial charge in [-0.1, -0.05) is 6.92 Å². The van der Waals surface area contributed by atoms with Crippen LogP contribution in [0.2, 0.25) is 0 Å². The number of benzene rings is 1. The summed E-state index contributed by atoms with van der Waals surface area (Å²) in [7, 11) is 0. The lowest BCUT2D eigenvalue weighted by Crippen LogP contribution is -2.25. The van der Waals surface area contributed by atoms with Crippen molar-refractivity contribution in [3.8, 4) is 5.75 Å². The lowest BCUT2D eigenvalue weighted by atomic mass is 10.2. The summed E-state index contributed by atoms with van der Waals surface area (Å²) in [5.41, 5.74) is 7.98. The summed E-state index contributed by atoms with van der Waals surface area (Å²) in [5.74, 6) is 0.436. The summed E-state index contributed by atoms with van der Waals surface area (Å²) >= 11 is 1.68. The molecule has 1 aliphatic heterocycles. The normalized spacial score (nSPS) is 13.3. The predicted molar refractivity (Wildman–Crippen MR) is 83.8 cm³/mol. The summed E-state index contributed by atoms with van der Waals surface area (Å²) in [4.78, 5) is 16.9. The van der Waals surface area contributed by atoms with Gasteiger partial charge >= 0.3 is 0 Å². The zero-order chi connectivity index (χ0) is 14.8. The minimum absolute atomic E-state index is 0.0259. The quantitative estimate of drug-likeness (QED) is 0.754. The molecule has 7 heteroatoms. The zero-order valence-corrected chi connectivity index (χ0v) is 12.4. The van der Waals surface area contributed by atoms with Crippen LogP contribution in [0.25, 0.3) is 0 Å². The fraction of sp³-hybridized carbons (Fsp3) is 0.286. The molecule has 110 valence electrons. The van der Waals surface area contributed by atoms with Crippen molar-refractivity contribution in [1.29, 1.82) is 0 Å². The third-order valence-corrected chi connectivity index (χ3v) is 4.31. The number of anilines is 3. The fourth-order valence-electron chi connectivity index (χ4n) is 2.06. The summed E-state index contributed by atoms with van der Waals surface area (Å²) < 4.78 is 5.32. The van der Waals surface area contributed by atoms with E-state index in [-0.39, 0.29) is 12.5 Å².